The number of hydrogen-bond acceptors (Lipinski definition) is 5. The molecule has 0 aliphatic carbocycles. The van der Waals surface area contributed by atoms with Gasteiger partial charge >= 0.3 is 0 Å². The fraction of sp³-hybridized carbons (Fsp3) is 0.125. The third-order valence-corrected chi connectivity index (χ3v) is 5.57. The lowest BCUT2D eigenvalue weighted by molar-refractivity contribution is -0.113. The molecule has 0 bridgehead atoms. The van der Waals surface area contributed by atoms with Crippen molar-refractivity contribution in [3.05, 3.63) is 84.4 Å². The first-order valence-corrected chi connectivity index (χ1v) is 10.8. The second kappa shape index (κ2) is 9.49. The molecular weight excluding hydrogens is 408 g/mol. The molecule has 3 aromatic carbocycles. The molecule has 1 heterocycles. The van der Waals surface area contributed by atoms with Gasteiger partial charge in [0.15, 0.2) is 11.0 Å². The molecular formula is C24H22N4O2S. The standard InChI is InChI=1S/C24H22N4O2S/c1-17-11-13-20(14-12-17)28-23(18-7-4-3-5-8-18)26-27-24(28)31-16-22(29)25-19-9-6-10-21(15-19)30-2/h3-15H,16H2,1-2H3,(H,25,29). The zero-order valence-corrected chi connectivity index (χ0v) is 18.1. The van der Waals surface area contributed by atoms with Gasteiger partial charge in [-0.2, -0.15) is 0 Å². The molecule has 0 atom stereocenters. The smallest absolute Gasteiger partial charge is 0.234 e. The maximum Gasteiger partial charge on any atom is 0.234 e. The van der Waals surface area contributed by atoms with Crippen molar-refractivity contribution >= 4 is 23.4 Å². The Labute approximate surface area is 185 Å². The number of ether oxygens (including phenoxy) is 1. The lowest BCUT2D eigenvalue weighted by Crippen LogP contribution is -2.14. The largest absolute Gasteiger partial charge is 0.497 e. The van der Waals surface area contributed by atoms with Crippen molar-refractivity contribution in [2.75, 3.05) is 18.2 Å². The molecule has 0 fully saturated rings. The number of nitrogens with zero attached hydrogens (tertiary/aromatic N) is 3. The Kier molecular flexibility index (Phi) is 6.33. The first-order chi connectivity index (χ1) is 15.1. The Morgan fingerprint density at radius 1 is 1.00 bits per heavy atom. The number of thioether (sulfide) groups is 1. The molecule has 1 amide bonds. The summed E-state index contributed by atoms with van der Waals surface area (Å²) in [6.45, 7) is 2.05. The number of carbonyl (C=O) groups excluding carboxylic acids is 1. The van der Waals surface area contributed by atoms with Gasteiger partial charge in [-0.3, -0.25) is 9.36 Å². The predicted molar refractivity (Wildman–Crippen MR) is 124 cm³/mol. The van der Waals surface area contributed by atoms with Crippen LogP contribution in [0.2, 0.25) is 0 Å². The van der Waals surface area contributed by atoms with Gasteiger partial charge in [0.25, 0.3) is 0 Å². The second-order valence-electron chi connectivity index (χ2n) is 6.91. The molecule has 0 saturated carbocycles. The lowest BCUT2D eigenvalue weighted by atomic mass is 10.2. The maximum atomic E-state index is 12.5. The van der Waals surface area contributed by atoms with Crippen LogP contribution in [0.25, 0.3) is 17.1 Å². The molecule has 1 aromatic heterocycles. The van der Waals surface area contributed by atoms with E-state index in [0.717, 1.165) is 17.1 Å². The zero-order valence-electron chi connectivity index (χ0n) is 17.3. The van der Waals surface area contributed by atoms with E-state index in [9.17, 15) is 4.79 Å². The predicted octanol–water partition coefficient (Wildman–Crippen LogP) is 4.98. The van der Waals surface area contributed by atoms with Crippen LogP contribution in [0.3, 0.4) is 0 Å². The Morgan fingerprint density at radius 3 is 2.52 bits per heavy atom. The topological polar surface area (TPSA) is 69.0 Å². The summed E-state index contributed by atoms with van der Waals surface area (Å²) in [5, 5.41) is 12.3. The summed E-state index contributed by atoms with van der Waals surface area (Å²) in [6.07, 6.45) is 0. The monoisotopic (exact) mass is 430 g/mol. The molecule has 6 nitrogen and oxygen atoms in total. The SMILES string of the molecule is COc1cccc(NC(=O)CSc2nnc(-c3ccccc3)n2-c2ccc(C)cc2)c1. The van der Waals surface area contributed by atoms with Gasteiger partial charge in [-0.05, 0) is 31.2 Å². The number of benzene rings is 3. The molecule has 0 aliphatic heterocycles. The van der Waals surface area contributed by atoms with E-state index in [4.69, 9.17) is 4.74 Å². The fourth-order valence-corrected chi connectivity index (χ4v) is 3.84. The van der Waals surface area contributed by atoms with Crippen molar-refractivity contribution in [2.24, 2.45) is 0 Å². The van der Waals surface area contributed by atoms with Gasteiger partial charge in [-0.1, -0.05) is 65.9 Å². The fourth-order valence-electron chi connectivity index (χ4n) is 3.09. The molecule has 4 aromatic rings. The Hall–Kier alpha value is -3.58. The van der Waals surface area contributed by atoms with Crippen LogP contribution in [0.5, 0.6) is 5.75 Å². The molecule has 156 valence electrons. The van der Waals surface area contributed by atoms with Crippen LogP contribution in [-0.4, -0.2) is 33.5 Å². The van der Waals surface area contributed by atoms with E-state index in [1.807, 2.05) is 84.3 Å². The minimum absolute atomic E-state index is 0.127. The summed E-state index contributed by atoms with van der Waals surface area (Å²) < 4.78 is 7.19. The number of anilines is 1. The van der Waals surface area contributed by atoms with E-state index in [-0.39, 0.29) is 11.7 Å². The van der Waals surface area contributed by atoms with Crippen molar-refractivity contribution in [3.8, 4) is 22.8 Å². The van der Waals surface area contributed by atoms with Crippen LogP contribution in [0.4, 0.5) is 5.69 Å². The van der Waals surface area contributed by atoms with Crippen LogP contribution >= 0.6 is 11.8 Å². The van der Waals surface area contributed by atoms with Gasteiger partial charge in [0.2, 0.25) is 5.91 Å². The van der Waals surface area contributed by atoms with Gasteiger partial charge in [0.05, 0.1) is 12.9 Å². The molecule has 0 saturated heterocycles. The average molecular weight is 431 g/mol. The summed E-state index contributed by atoms with van der Waals surface area (Å²) in [5.74, 6) is 1.51. The van der Waals surface area contributed by atoms with Crippen molar-refractivity contribution in [1.29, 1.82) is 0 Å². The number of methoxy groups -OCH3 is 1. The van der Waals surface area contributed by atoms with Crippen molar-refractivity contribution in [3.63, 3.8) is 0 Å². The first kappa shape index (κ1) is 20.7. The lowest BCUT2D eigenvalue weighted by Gasteiger charge is -2.11. The molecule has 0 spiro atoms. The number of amides is 1. The van der Waals surface area contributed by atoms with Crippen molar-refractivity contribution < 1.29 is 9.53 Å². The number of aromatic nitrogens is 3. The van der Waals surface area contributed by atoms with E-state index in [1.54, 1.807) is 13.2 Å². The highest BCUT2D eigenvalue weighted by Crippen LogP contribution is 2.28. The van der Waals surface area contributed by atoms with Gasteiger partial charge in [0.1, 0.15) is 5.75 Å². The van der Waals surface area contributed by atoms with Crippen molar-refractivity contribution in [2.45, 2.75) is 12.1 Å². The average Bonchev–Trinajstić information content (AvgIpc) is 3.23. The highest BCUT2D eigenvalue weighted by molar-refractivity contribution is 7.99. The van der Waals surface area contributed by atoms with Gasteiger partial charge in [0, 0.05) is 23.0 Å². The van der Waals surface area contributed by atoms with Crippen molar-refractivity contribution in [1.82, 2.24) is 14.8 Å². The molecule has 0 radical (unpaired) electrons. The van der Waals surface area contributed by atoms with Crippen LogP contribution in [0.15, 0.2) is 84.0 Å². The summed E-state index contributed by atoms with van der Waals surface area (Å²) in [7, 11) is 1.60. The van der Waals surface area contributed by atoms with Gasteiger partial charge < -0.3 is 10.1 Å². The van der Waals surface area contributed by atoms with Gasteiger partial charge in [-0.15, -0.1) is 10.2 Å². The first-order valence-electron chi connectivity index (χ1n) is 9.78. The highest BCUT2D eigenvalue weighted by Gasteiger charge is 2.17. The molecule has 4 rings (SSSR count). The molecule has 7 heteroatoms. The third-order valence-electron chi connectivity index (χ3n) is 4.64. The van der Waals surface area contributed by atoms with Crippen LogP contribution in [0, 0.1) is 6.92 Å². The Balaban J connectivity index is 1.57. The second-order valence-corrected chi connectivity index (χ2v) is 7.85. The zero-order chi connectivity index (χ0) is 21.6. The Bertz CT molecular complexity index is 1170. The molecule has 31 heavy (non-hydrogen) atoms. The minimum atomic E-state index is -0.127. The molecule has 1 N–H and O–H groups in total. The van der Waals surface area contributed by atoms with E-state index in [1.165, 1.54) is 17.3 Å². The summed E-state index contributed by atoms with van der Waals surface area (Å²) in [6, 6.07) is 25.3. The number of hydrogen-bond donors (Lipinski definition) is 1. The van der Waals surface area contributed by atoms with Gasteiger partial charge in [-0.25, -0.2) is 0 Å². The highest BCUT2D eigenvalue weighted by atomic mass is 32.2. The molecule has 0 aliphatic rings. The maximum absolute atomic E-state index is 12.5. The van der Waals surface area contributed by atoms with E-state index >= 15 is 0 Å². The summed E-state index contributed by atoms with van der Waals surface area (Å²) in [4.78, 5) is 12.5. The third kappa shape index (κ3) is 4.95. The van der Waals surface area contributed by atoms with E-state index < -0.39 is 0 Å². The van der Waals surface area contributed by atoms with Crippen LogP contribution < -0.4 is 10.1 Å². The normalized spacial score (nSPS) is 10.6. The minimum Gasteiger partial charge on any atom is -0.497 e. The van der Waals surface area contributed by atoms with E-state index in [0.29, 0.717) is 16.6 Å². The number of nitrogens with one attached hydrogen (secondary N) is 1. The Morgan fingerprint density at radius 2 is 1.77 bits per heavy atom. The summed E-state index contributed by atoms with van der Waals surface area (Å²) in [5.41, 5.74) is 3.77. The van der Waals surface area contributed by atoms with Crippen LogP contribution in [-0.2, 0) is 4.79 Å². The van der Waals surface area contributed by atoms with E-state index in [2.05, 4.69) is 15.5 Å². The quantitative estimate of drug-likeness (QED) is 0.419. The van der Waals surface area contributed by atoms with Crippen LogP contribution in [0.1, 0.15) is 5.56 Å². The number of rotatable bonds is 7. The number of carbonyl (C=O) groups is 1. The molecule has 0 unspecified atom stereocenters. The summed E-state index contributed by atoms with van der Waals surface area (Å²) >= 11 is 1.34. The number of aryl methyl sites for hydroxylation is 1.